The minimum absolute atomic E-state index is 0.153. The van der Waals surface area contributed by atoms with Crippen molar-refractivity contribution in [2.24, 2.45) is 5.41 Å². The Bertz CT molecular complexity index is 273. The monoisotopic (exact) mass is 255 g/mol. The maximum atomic E-state index is 11.9. The summed E-state index contributed by atoms with van der Waals surface area (Å²) in [6, 6.07) is 0. The van der Waals surface area contributed by atoms with Crippen LogP contribution in [-0.2, 0) is 4.74 Å². The van der Waals surface area contributed by atoms with Crippen LogP contribution in [0.25, 0.3) is 0 Å². The first-order valence-electron chi connectivity index (χ1n) is 7.24. The molecule has 0 aliphatic carbocycles. The van der Waals surface area contributed by atoms with Gasteiger partial charge in [0.1, 0.15) is 5.60 Å². The highest BCUT2D eigenvalue weighted by molar-refractivity contribution is 5.68. The largest absolute Gasteiger partial charge is 0.444 e. The number of hydrogen-bond acceptors (Lipinski definition) is 2. The third-order valence-electron chi connectivity index (χ3n) is 3.76. The average Bonchev–Trinajstić information content (AvgIpc) is 2.25. The minimum atomic E-state index is -0.389. The maximum absolute atomic E-state index is 11.9. The number of ether oxygens (including phenoxy) is 1. The molecule has 3 nitrogen and oxygen atoms in total. The van der Waals surface area contributed by atoms with E-state index >= 15 is 0 Å². The molecule has 1 amide bonds. The van der Waals surface area contributed by atoms with Crippen LogP contribution >= 0.6 is 0 Å². The van der Waals surface area contributed by atoms with E-state index in [0.717, 1.165) is 25.9 Å². The van der Waals surface area contributed by atoms with E-state index in [9.17, 15) is 4.79 Å². The molecule has 0 aromatic rings. The lowest BCUT2D eigenvalue weighted by Gasteiger charge is -2.39. The zero-order valence-corrected chi connectivity index (χ0v) is 12.7. The number of nitrogens with zero attached hydrogens (tertiary/aromatic N) is 1. The van der Waals surface area contributed by atoms with Gasteiger partial charge in [0.25, 0.3) is 0 Å². The molecule has 106 valence electrons. The van der Waals surface area contributed by atoms with Crippen LogP contribution in [0.4, 0.5) is 4.79 Å². The molecule has 0 aromatic carbocycles. The van der Waals surface area contributed by atoms with Crippen LogP contribution in [0.2, 0.25) is 0 Å². The predicted molar refractivity (Wildman–Crippen MR) is 74.7 cm³/mol. The summed E-state index contributed by atoms with van der Waals surface area (Å²) in [5.41, 5.74) is 0.0363. The second-order valence-electron chi connectivity index (χ2n) is 6.88. The molecule has 1 heterocycles. The first-order valence-corrected chi connectivity index (χ1v) is 7.24. The van der Waals surface area contributed by atoms with Gasteiger partial charge < -0.3 is 9.64 Å². The fraction of sp³-hybridized carbons (Fsp3) is 0.933. The van der Waals surface area contributed by atoms with E-state index in [0.29, 0.717) is 5.41 Å². The van der Waals surface area contributed by atoms with E-state index in [-0.39, 0.29) is 11.7 Å². The zero-order valence-electron chi connectivity index (χ0n) is 12.7. The SMILES string of the molecule is CCCCC1(C)CCN(C(=O)OC(C)(C)C)CC1. The topological polar surface area (TPSA) is 29.5 Å². The first-order chi connectivity index (χ1) is 8.26. The van der Waals surface area contributed by atoms with Gasteiger partial charge in [-0.05, 0) is 45.4 Å². The number of likely N-dealkylation sites (tertiary alicyclic amines) is 1. The van der Waals surface area contributed by atoms with E-state index < -0.39 is 0 Å². The van der Waals surface area contributed by atoms with Gasteiger partial charge in [-0.15, -0.1) is 0 Å². The number of rotatable bonds is 3. The molecular weight excluding hydrogens is 226 g/mol. The molecule has 0 saturated carbocycles. The third kappa shape index (κ3) is 4.87. The first kappa shape index (κ1) is 15.3. The standard InChI is InChI=1S/C15H29NO2/c1-6-7-8-15(5)9-11-16(12-10-15)13(17)18-14(2,3)4/h6-12H2,1-5H3. The maximum Gasteiger partial charge on any atom is 0.410 e. The fourth-order valence-electron chi connectivity index (χ4n) is 2.41. The fourth-order valence-corrected chi connectivity index (χ4v) is 2.41. The molecule has 1 fully saturated rings. The summed E-state index contributed by atoms with van der Waals surface area (Å²) >= 11 is 0. The van der Waals surface area contributed by atoms with Gasteiger partial charge >= 0.3 is 6.09 Å². The summed E-state index contributed by atoms with van der Waals surface area (Å²) in [4.78, 5) is 13.8. The Balaban J connectivity index is 2.41. The van der Waals surface area contributed by atoms with Crippen molar-refractivity contribution >= 4 is 6.09 Å². The van der Waals surface area contributed by atoms with Crippen LogP contribution in [-0.4, -0.2) is 29.7 Å². The Morgan fingerprint density at radius 2 is 1.83 bits per heavy atom. The lowest BCUT2D eigenvalue weighted by molar-refractivity contribution is 0.0109. The van der Waals surface area contributed by atoms with Gasteiger partial charge in [0, 0.05) is 13.1 Å². The third-order valence-corrected chi connectivity index (χ3v) is 3.76. The van der Waals surface area contributed by atoms with Gasteiger partial charge in [0.05, 0.1) is 0 Å². The van der Waals surface area contributed by atoms with Crippen molar-refractivity contribution in [2.75, 3.05) is 13.1 Å². The van der Waals surface area contributed by atoms with Crippen molar-refractivity contribution in [3.8, 4) is 0 Å². The Morgan fingerprint density at radius 3 is 2.28 bits per heavy atom. The van der Waals surface area contributed by atoms with Crippen molar-refractivity contribution < 1.29 is 9.53 Å². The van der Waals surface area contributed by atoms with Gasteiger partial charge in [-0.25, -0.2) is 4.79 Å². The van der Waals surface area contributed by atoms with Crippen molar-refractivity contribution in [1.29, 1.82) is 0 Å². The van der Waals surface area contributed by atoms with Crippen molar-refractivity contribution in [2.45, 2.75) is 72.3 Å². The highest BCUT2D eigenvalue weighted by Gasteiger charge is 2.32. The predicted octanol–water partition coefficient (Wildman–Crippen LogP) is 4.21. The lowest BCUT2D eigenvalue weighted by atomic mass is 9.76. The van der Waals surface area contributed by atoms with Crippen LogP contribution < -0.4 is 0 Å². The molecule has 1 saturated heterocycles. The lowest BCUT2D eigenvalue weighted by Crippen LogP contribution is -2.44. The average molecular weight is 255 g/mol. The summed E-state index contributed by atoms with van der Waals surface area (Å²) < 4.78 is 5.41. The van der Waals surface area contributed by atoms with Gasteiger partial charge in [-0.2, -0.15) is 0 Å². The number of amides is 1. The summed E-state index contributed by atoms with van der Waals surface area (Å²) in [7, 11) is 0. The Morgan fingerprint density at radius 1 is 1.28 bits per heavy atom. The summed E-state index contributed by atoms with van der Waals surface area (Å²) in [5.74, 6) is 0. The van der Waals surface area contributed by atoms with E-state index in [2.05, 4.69) is 13.8 Å². The highest BCUT2D eigenvalue weighted by Crippen LogP contribution is 2.36. The molecule has 0 aromatic heterocycles. The van der Waals surface area contributed by atoms with Gasteiger partial charge in [-0.1, -0.05) is 26.7 Å². The molecule has 1 aliphatic heterocycles. The van der Waals surface area contributed by atoms with Crippen LogP contribution in [0.15, 0.2) is 0 Å². The smallest absolute Gasteiger partial charge is 0.410 e. The summed E-state index contributed by atoms with van der Waals surface area (Å²) in [6.07, 6.45) is 5.89. The van der Waals surface area contributed by atoms with Gasteiger partial charge in [0.2, 0.25) is 0 Å². The molecule has 0 unspecified atom stereocenters. The molecule has 0 radical (unpaired) electrons. The Kier molecular flexibility index (Phi) is 5.06. The molecule has 1 aliphatic rings. The van der Waals surface area contributed by atoms with Crippen molar-refractivity contribution in [3.05, 3.63) is 0 Å². The molecule has 0 spiro atoms. The molecule has 0 atom stereocenters. The molecule has 0 N–H and O–H groups in total. The number of hydrogen-bond donors (Lipinski definition) is 0. The molecule has 0 bridgehead atoms. The number of carbonyl (C=O) groups is 1. The van der Waals surface area contributed by atoms with E-state index in [1.165, 1.54) is 19.3 Å². The number of unbranched alkanes of at least 4 members (excludes halogenated alkanes) is 1. The molecule has 3 heteroatoms. The van der Waals surface area contributed by atoms with Crippen molar-refractivity contribution in [1.82, 2.24) is 4.90 Å². The second kappa shape index (κ2) is 5.94. The van der Waals surface area contributed by atoms with Crippen molar-refractivity contribution in [3.63, 3.8) is 0 Å². The van der Waals surface area contributed by atoms with E-state index in [4.69, 9.17) is 4.74 Å². The quantitative estimate of drug-likeness (QED) is 0.756. The molecular formula is C15H29NO2. The summed E-state index contributed by atoms with van der Waals surface area (Å²) in [5, 5.41) is 0. The zero-order chi connectivity index (χ0) is 13.8. The van der Waals surface area contributed by atoms with Crippen LogP contribution in [0.1, 0.15) is 66.7 Å². The molecule has 1 rings (SSSR count). The van der Waals surface area contributed by atoms with E-state index in [1.807, 2.05) is 25.7 Å². The highest BCUT2D eigenvalue weighted by atomic mass is 16.6. The van der Waals surface area contributed by atoms with Crippen LogP contribution in [0, 0.1) is 5.41 Å². The van der Waals surface area contributed by atoms with E-state index in [1.54, 1.807) is 0 Å². The minimum Gasteiger partial charge on any atom is -0.444 e. The van der Waals surface area contributed by atoms with Crippen LogP contribution in [0.3, 0.4) is 0 Å². The normalized spacial score (nSPS) is 19.7. The Hall–Kier alpha value is -0.730. The van der Waals surface area contributed by atoms with Crippen LogP contribution in [0.5, 0.6) is 0 Å². The number of piperidine rings is 1. The number of carbonyl (C=O) groups excluding carboxylic acids is 1. The molecule has 18 heavy (non-hydrogen) atoms. The van der Waals surface area contributed by atoms with Gasteiger partial charge in [-0.3, -0.25) is 0 Å². The van der Waals surface area contributed by atoms with Gasteiger partial charge in [0.15, 0.2) is 0 Å². The second-order valence-corrected chi connectivity index (χ2v) is 6.88. The summed E-state index contributed by atoms with van der Waals surface area (Å²) in [6.45, 7) is 12.0. The Labute approximate surface area is 112 Å².